The van der Waals surface area contributed by atoms with E-state index in [0.29, 0.717) is 0 Å². The molecule has 1 saturated heterocycles. The minimum atomic E-state index is 0.826. The highest BCUT2D eigenvalue weighted by atomic mass is 15.2. The third-order valence-corrected chi connectivity index (χ3v) is 3.88. The van der Waals surface area contributed by atoms with E-state index >= 15 is 0 Å². The van der Waals surface area contributed by atoms with Crippen LogP contribution in [0.1, 0.15) is 45.4 Å². The van der Waals surface area contributed by atoms with Crippen molar-refractivity contribution in [1.82, 2.24) is 10.2 Å². The fourth-order valence-corrected chi connectivity index (χ4v) is 2.51. The first-order valence-electron chi connectivity index (χ1n) is 6.33. The second-order valence-electron chi connectivity index (χ2n) is 4.96. The lowest BCUT2D eigenvalue weighted by molar-refractivity contribution is 0.157. The molecule has 1 saturated carbocycles. The zero-order chi connectivity index (χ0) is 9.80. The standard InChI is InChI=1S/C12H24N2/c1-11-5-2-3-9-14(11)10-8-13-12-6-4-7-12/h11-13H,2-10H2,1H3. The number of nitrogens with one attached hydrogen (secondary N) is 1. The molecule has 0 spiro atoms. The van der Waals surface area contributed by atoms with Gasteiger partial charge < -0.3 is 5.32 Å². The predicted molar refractivity (Wildman–Crippen MR) is 60.5 cm³/mol. The number of piperidine rings is 1. The summed E-state index contributed by atoms with van der Waals surface area (Å²) in [6.45, 7) is 6.17. The second kappa shape index (κ2) is 5.13. The van der Waals surface area contributed by atoms with Crippen LogP contribution in [0, 0.1) is 0 Å². The van der Waals surface area contributed by atoms with Crippen LogP contribution in [0.25, 0.3) is 0 Å². The molecule has 0 aromatic rings. The van der Waals surface area contributed by atoms with E-state index in [-0.39, 0.29) is 0 Å². The van der Waals surface area contributed by atoms with Crippen LogP contribution in [-0.4, -0.2) is 36.6 Å². The van der Waals surface area contributed by atoms with Crippen molar-refractivity contribution in [3.63, 3.8) is 0 Å². The van der Waals surface area contributed by atoms with E-state index in [4.69, 9.17) is 0 Å². The molecular weight excluding hydrogens is 172 g/mol. The third kappa shape index (κ3) is 2.71. The lowest BCUT2D eigenvalue weighted by Gasteiger charge is -2.34. The van der Waals surface area contributed by atoms with Gasteiger partial charge in [0.05, 0.1) is 0 Å². The zero-order valence-electron chi connectivity index (χ0n) is 9.47. The van der Waals surface area contributed by atoms with Crippen molar-refractivity contribution in [3.8, 4) is 0 Å². The summed E-state index contributed by atoms with van der Waals surface area (Å²) < 4.78 is 0. The van der Waals surface area contributed by atoms with Gasteiger partial charge in [0.2, 0.25) is 0 Å². The van der Waals surface area contributed by atoms with Gasteiger partial charge in [-0.2, -0.15) is 0 Å². The molecular formula is C12H24N2. The molecule has 14 heavy (non-hydrogen) atoms. The maximum absolute atomic E-state index is 3.65. The van der Waals surface area contributed by atoms with E-state index in [0.717, 1.165) is 12.1 Å². The van der Waals surface area contributed by atoms with Crippen LogP contribution in [0.15, 0.2) is 0 Å². The number of nitrogens with zero attached hydrogens (tertiary/aromatic N) is 1. The van der Waals surface area contributed by atoms with Crippen LogP contribution in [0.2, 0.25) is 0 Å². The minimum absolute atomic E-state index is 0.826. The molecule has 0 radical (unpaired) electrons. The Morgan fingerprint density at radius 2 is 2.00 bits per heavy atom. The van der Waals surface area contributed by atoms with Crippen molar-refractivity contribution < 1.29 is 0 Å². The van der Waals surface area contributed by atoms with Gasteiger partial charge in [-0.15, -0.1) is 0 Å². The van der Waals surface area contributed by atoms with E-state index in [1.165, 1.54) is 58.2 Å². The Balaban J connectivity index is 1.58. The molecule has 2 fully saturated rings. The van der Waals surface area contributed by atoms with Crippen LogP contribution in [0.3, 0.4) is 0 Å². The van der Waals surface area contributed by atoms with Crippen LogP contribution in [0.5, 0.6) is 0 Å². The minimum Gasteiger partial charge on any atom is -0.313 e. The molecule has 0 amide bonds. The van der Waals surface area contributed by atoms with E-state index < -0.39 is 0 Å². The van der Waals surface area contributed by atoms with Crippen molar-refractivity contribution in [1.29, 1.82) is 0 Å². The summed E-state index contributed by atoms with van der Waals surface area (Å²) in [7, 11) is 0. The van der Waals surface area contributed by atoms with E-state index in [9.17, 15) is 0 Å². The van der Waals surface area contributed by atoms with Gasteiger partial charge in [0.25, 0.3) is 0 Å². The Morgan fingerprint density at radius 3 is 2.64 bits per heavy atom. The smallest absolute Gasteiger partial charge is 0.0110 e. The number of rotatable bonds is 4. The van der Waals surface area contributed by atoms with Crippen LogP contribution >= 0.6 is 0 Å². The van der Waals surface area contributed by atoms with Crippen molar-refractivity contribution in [3.05, 3.63) is 0 Å². The monoisotopic (exact) mass is 196 g/mol. The molecule has 1 aliphatic carbocycles. The lowest BCUT2D eigenvalue weighted by Crippen LogP contribution is -2.44. The summed E-state index contributed by atoms with van der Waals surface area (Å²) in [5.74, 6) is 0. The largest absolute Gasteiger partial charge is 0.313 e. The highest BCUT2D eigenvalue weighted by Crippen LogP contribution is 2.18. The SMILES string of the molecule is CC1CCCCN1CCNC1CCC1. The summed E-state index contributed by atoms with van der Waals surface area (Å²) in [4.78, 5) is 2.65. The fraction of sp³-hybridized carbons (Fsp3) is 1.00. The fourth-order valence-electron chi connectivity index (χ4n) is 2.51. The van der Waals surface area contributed by atoms with Crippen LogP contribution in [-0.2, 0) is 0 Å². The summed E-state index contributed by atoms with van der Waals surface area (Å²) in [6.07, 6.45) is 8.52. The number of hydrogen-bond donors (Lipinski definition) is 1. The zero-order valence-corrected chi connectivity index (χ0v) is 9.47. The molecule has 0 bridgehead atoms. The predicted octanol–water partition coefficient (Wildman–Crippen LogP) is 2.00. The Bertz CT molecular complexity index is 166. The second-order valence-corrected chi connectivity index (χ2v) is 4.96. The lowest BCUT2D eigenvalue weighted by atomic mass is 9.93. The normalized spacial score (nSPS) is 30.2. The van der Waals surface area contributed by atoms with Gasteiger partial charge in [-0.25, -0.2) is 0 Å². The molecule has 1 aliphatic heterocycles. The van der Waals surface area contributed by atoms with Crippen molar-refractivity contribution in [2.75, 3.05) is 19.6 Å². The summed E-state index contributed by atoms with van der Waals surface area (Å²) in [6, 6.07) is 1.68. The summed E-state index contributed by atoms with van der Waals surface area (Å²) in [5, 5.41) is 3.65. The maximum atomic E-state index is 3.65. The first-order chi connectivity index (χ1) is 6.86. The van der Waals surface area contributed by atoms with Crippen molar-refractivity contribution in [2.24, 2.45) is 0 Å². The molecule has 1 N–H and O–H groups in total. The molecule has 2 heteroatoms. The Labute approximate surface area is 88.1 Å². The molecule has 2 nitrogen and oxygen atoms in total. The first kappa shape index (κ1) is 10.4. The third-order valence-electron chi connectivity index (χ3n) is 3.88. The van der Waals surface area contributed by atoms with Gasteiger partial charge in [0, 0.05) is 25.2 Å². The molecule has 0 aromatic heterocycles. The quantitative estimate of drug-likeness (QED) is 0.740. The molecule has 1 unspecified atom stereocenters. The van der Waals surface area contributed by atoms with Crippen molar-refractivity contribution >= 4 is 0 Å². The van der Waals surface area contributed by atoms with E-state index in [1.54, 1.807) is 0 Å². The van der Waals surface area contributed by atoms with Gasteiger partial charge >= 0.3 is 0 Å². The molecule has 1 heterocycles. The molecule has 2 rings (SSSR count). The highest BCUT2D eigenvalue weighted by Gasteiger charge is 2.19. The van der Waals surface area contributed by atoms with E-state index in [2.05, 4.69) is 17.1 Å². The average molecular weight is 196 g/mol. The van der Waals surface area contributed by atoms with Crippen molar-refractivity contribution in [2.45, 2.75) is 57.5 Å². The number of hydrogen-bond acceptors (Lipinski definition) is 2. The Hall–Kier alpha value is -0.0800. The van der Waals surface area contributed by atoms with Gasteiger partial charge in [-0.05, 0) is 39.2 Å². The molecule has 2 aliphatic rings. The molecule has 1 atom stereocenters. The molecule has 82 valence electrons. The van der Waals surface area contributed by atoms with Gasteiger partial charge in [-0.1, -0.05) is 12.8 Å². The van der Waals surface area contributed by atoms with Crippen LogP contribution < -0.4 is 5.32 Å². The maximum Gasteiger partial charge on any atom is 0.0110 e. The Morgan fingerprint density at radius 1 is 1.14 bits per heavy atom. The highest BCUT2D eigenvalue weighted by molar-refractivity contribution is 4.78. The first-order valence-corrected chi connectivity index (χ1v) is 6.33. The topological polar surface area (TPSA) is 15.3 Å². The van der Waals surface area contributed by atoms with Gasteiger partial charge in [0.15, 0.2) is 0 Å². The van der Waals surface area contributed by atoms with Gasteiger partial charge in [0.1, 0.15) is 0 Å². The average Bonchev–Trinajstić information content (AvgIpc) is 2.12. The summed E-state index contributed by atoms with van der Waals surface area (Å²) in [5.41, 5.74) is 0. The number of likely N-dealkylation sites (tertiary alicyclic amines) is 1. The summed E-state index contributed by atoms with van der Waals surface area (Å²) >= 11 is 0. The van der Waals surface area contributed by atoms with E-state index in [1.807, 2.05) is 0 Å². The van der Waals surface area contributed by atoms with Crippen LogP contribution in [0.4, 0.5) is 0 Å². The molecule has 0 aromatic carbocycles. The van der Waals surface area contributed by atoms with Gasteiger partial charge in [-0.3, -0.25) is 4.90 Å². The Kier molecular flexibility index (Phi) is 3.82.